The molecular formula is C37H31Cl2F3N4O8. The van der Waals surface area contributed by atoms with E-state index in [1.54, 1.807) is 18.2 Å². The number of aliphatic carboxylic acids is 1. The smallest absolute Gasteiger partial charge is 0.417 e. The van der Waals surface area contributed by atoms with E-state index < -0.39 is 87.2 Å². The number of anilines is 1. The van der Waals surface area contributed by atoms with Gasteiger partial charge < -0.3 is 14.9 Å². The van der Waals surface area contributed by atoms with E-state index >= 15 is 4.79 Å². The molecule has 3 N–H and O–H groups in total. The third-order valence-electron chi connectivity index (χ3n) is 11.0. The number of phenolic OH excluding ortho intramolecular Hbond substituents is 1. The molecule has 282 valence electrons. The van der Waals surface area contributed by atoms with Crippen molar-refractivity contribution in [2.75, 3.05) is 19.1 Å². The Labute approximate surface area is 315 Å². The fourth-order valence-corrected chi connectivity index (χ4v) is 9.03. The standard InChI is InChI=1S/C37H31Cl2F3N4O8/c1-54-20-8-11-27(47)24(14-20)30-21-9-10-22-29(34(52)45(32(22)50)12-2-3-28(48)49)23(21)15-25-33(51)46(35(53)36(25,30)17-4-6-19(38)7-5-17)44-31-26(39)13-18(16-43-31)37(40,41)42/h4-9,11,13-14,16,22-23,25,29-30,47H,2-3,10,12,15H2,1H3,(H,43,44)(H,48,49). The van der Waals surface area contributed by atoms with Crippen LogP contribution in [-0.2, 0) is 35.6 Å². The van der Waals surface area contributed by atoms with Gasteiger partial charge in [-0.25, -0.2) is 4.98 Å². The monoisotopic (exact) mass is 786 g/mol. The van der Waals surface area contributed by atoms with Gasteiger partial charge in [-0.2, -0.15) is 18.2 Å². The highest BCUT2D eigenvalue weighted by molar-refractivity contribution is 6.33. The average molecular weight is 788 g/mol. The lowest BCUT2D eigenvalue weighted by Gasteiger charge is -2.50. The number of pyridine rings is 1. The zero-order chi connectivity index (χ0) is 38.9. The van der Waals surface area contributed by atoms with Gasteiger partial charge >= 0.3 is 12.1 Å². The quantitative estimate of drug-likeness (QED) is 0.174. The van der Waals surface area contributed by atoms with Gasteiger partial charge in [0.25, 0.3) is 11.8 Å². The van der Waals surface area contributed by atoms with Crippen LogP contribution in [0.4, 0.5) is 19.0 Å². The number of nitrogens with zero attached hydrogens (tertiary/aromatic N) is 3. The number of methoxy groups -OCH3 is 1. The first-order chi connectivity index (χ1) is 25.6. The summed E-state index contributed by atoms with van der Waals surface area (Å²) in [5, 5.41) is 21.1. The van der Waals surface area contributed by atoms with Crippen LogP contribution in [0.1, 0.15) is 48.3 Å². The molecule has 54 heavy (non-hydrogen) atoms. The number of carbonyl (C=O) groups excluding carboxylic acids is 4. The van der Waals surface area contributed by atoms with Crippen LogP contribution in [0, 0.1) is 23.7 Å². The Balaban J connectivity index is 1.41. The van der Waals surface area contributed by atoms with E-state index in [9.17, 15) is 37.5 Å². The van der Waals surface area contributed by atoms with E-state index in [2.05, 4.69) is 10.4 Å². The number of nitrogens with one attached hydrogen (secondary N) is 1. The molecule has 0 bridgehead atoms. The molecule has 3 aromatic rings. The van der Waals surface area contributed by atoms with Gasteiger partial charge in [0, 0.05) is 35.7 Å². The SMILES string of the molecule is COc1ccc(O)c(C2C3=CCC4C(=O)N(CCCC(=O)O)C(=O)C4C3CC3C(=O)N(Nc4ncc(C(F)(F)F)cc4Cl)C(=O)C32c2ccc(Cl)cc2)c1. The Morgan fingerprint density at radius 3 is 2.41 bits per heavy atom. The van der Waals surface area contributed by atoms with Crippen molar-refractivity contribution in [1.29, 1.82) is 0 Å². The predicted molar refractivity (Wildman–Crippen MR) is 185 cm³/mol. The fraction of sp³-hybridized carbons (Fsp3) is 0.351. The molecular weight excluding hydrogens is 756 g/mol. The lowest BCUT2D eigenvalue weighted by molar-refractivity contribution is -0.142. The summed E-state index contributed by atoms with van der Waals surface area (Å²) in [6.07, 6.45) is -2.79. The molecule has 6 atom stereocenters. The Kier molecular flexibility index (Phi) is 9.37. The van der Waals surface area contributed by atoms with Crippen molar-refractivity contribution in [3.8, 4) is 11.5 Å². The summed E-state index contributed by atoms with van der Waals surface area (Å²) in [6.45, 7) is -0.118. The molecule has 4 aliphatic rings. The van der Waals surface area contributed by atoms with E-state index in [0.717, 1.165) is 4.90 Å². The molecule has 0 spiro atoms. The molecule has 2 aliphatic carbocycles. The topological polar surface area (TPSA) is 166 Å². The maximum atomic E-state index is 15.2. The number of phenols is 1. The number of fused-ring (bicyclic) bond motifs is 4. The Bertz CT molecular complexity index is 2130. The number of hydrogen-bond donors (Lipinski definition) is 3. The third kappa shape index (κ3) is 5.84. The van der Waals surface area contributed by atoms with Crippen molar-refractivity contribution in [3.05, 3.63) is 93.1 Å². The second-order valence-electron chi connectivity index (χ2n) is 13.7. The van der Waals surface area contributed by atoms with Gasteiger partial charge in [-0.3, -0.25) is 34.3 Å². The number of likely N-dealkylation sites (tertiary alicyclic amines) is 1. The molecule has 2 aliphatic heterocycles. The number of allylic oxidation sites excluding steroid dienone is 2. The van der Waals surface area contributed by atoms with Crippen molar-refractivity contribution in [2.24, 2.45) is 23.7 Å². The summed E-state index contributed by atoms with van der Waals surface area (Å²) in [7, 11) is 1.40. The number of carboxylic acids is 1. The zero-order valence-corrected chi connectivity index (χ0v) is 29.8. The molecule has 7 rings (SSSR count). The highest BCUT2D eigenvalue weighted by Gasteiger charge is 2.70. The van der Waals surface area contributed by atoms with E-state index in [0.29, 0.717) is 39.2 Å². The van der Waals surface area contributed by atoms with Crippen LogP contribution in [0.5, 0.6) is 11.5 Å². The Morgan fingerprint density at radius 2 is 1.76 bits per heavy atom. The lowest BCUT2D eigenvalue weighted by atomic mass is 9.49. The van der Waals surface area contributed by atoms with Gasteiger partial charge in [0.15, 0.2) is 5.82 Å². The van der Waals surface area contributed by atoms with Crippen molar-refractivity contribution in [3.63, 3.8) is 0 Å². The maximum absolute atomic E-state index is 15.2. The molecule has 3 fully saturated rings. The van der Waals surface area contributed by atoms with Crippen molar-refractivity contribution < 1.29 is 52.1 Å². The second-order valence-corrected chi connectivity index (χ2v) is 14.5. The predicted octanol–water partition coefficient (Wildman–Crippen LogP) is 5.97. The number of ether oxygens (including phenoxy) is 1. The van der Waals surface area contributed by atoms with Crippen molar-refractivity contribution >= 4 is 58.6 Å². The van der Waals surface area contributed by atoms with Crippen LogP contribution >= 0.6 is 23.2 Å². The number of imide groups is 2. The van der Waals surface area contributed by atoms with E-state index in [1.165, 1.54) is 37.4 Å². The van der Waals surface area contributed by atoms with Crippen LogP contribution in [0.2, 0.25) is 10.0 Å². The Morgan fingerprint density at radius 1 is 1.04 bits per heavy atom. The summed E-state index contributed by atoms with van der Waals surface area (Å²) in [5.41, 5.74) is 0.527. The second kappa shape index (κ2) is 13.6. The number of carboxylic acid groups (broad SMARTS) is 1. The number of amides is 4. The summed E-state index contributed by atoms with van der Waals surface area (Å²) in [5.74, 6) is -9.21. The lowest BCUT2D eigenvalue weighted by Crippen LogP contribution is -2.53. The van der Waals surface area contributed by atoms with Gasteiger partial charge in [-0.05, 0) is 67.1 Å². The van der Waals surface area contributed by atoms with Crippen molar-refractivity contribution in [2.45, 2.75) is 43.2 Å². The molecule has 0 radical (unpaired) electrons. The third-order valence-corrected chi connectivity index (χ3v) is 11.5. The van der Waals surface area contributed by atoms with Crippen LogP contribution in [0.25, 0.3) is 0 Å². The minimum Gasteiger partial charge on any atom is -0.508 e. The summed E-state index contributed by atoms with van der Waals surface area (Å²) < 4.78 is 45.8. The van der Waals surface area contributed by atoms with Gasteiger partial charge in [0.05, 0.1) is 40.9 Å². The fourth-order valence-electron chi connectivity index (χ4n) is 8.69. The van der Waals surface area contributed by atoms with E-state index in [4.69, 9.17) is 33.0 Å². The van der Waals surface area contributed by atoms with Crippen molar-refractivity contribution in [1.82, 2.24) is 14.9 Å². The summed E-state index contributed by atoms with van der Waals surface area (Å²) >= 11 is 12.5. The van der Waals surface area contributed by atoms with Gasteiger partial charge in [-0.1, -0.05) is 47.0 Å². The highest BCUT2D eigenvalue weighted by Crippen LogP contribution is 2.65. The van der Waals surface area contributed by atoms with Gasteiger partial charge in [-0.15, -0.1) is 0 Å². The number of hydrazine groups is 1. The summed E-state index contributed by atoms with van der Waals surface area (Å²) in [4.78, 5) is 73.8. The number of alkyl halides is 3. The molecule has 17 heteroatoms. The molecule has 6 unspecified atom stereocenters. The molecule has 3 heterocycles. The first-order valence-corrected chi connectivity index (χ1v) is 17.6. The van der Waals surface area contributed by atoms with Crippen LogP contribution < -0.4 is 10.2 Å². The molecule has 1 aromatic heterocycles. The number of rotatable bonds is 9. The number of halogens is 5. The number of aromatic hydroxyl groups is 1. The number of hydrogen-bond acceptors (Lipinski definition) is 9. The number of aromatic nitrogens is 1. The first kappa shape index (κ1) is 37.2. The number of benzene rings is 2. The van der Waals surface area contributed by atoms with Gasteiger partial charge in [0.2, 0.25) is 11.8 Å². The first-order valence-electron chi connectivity index (χ1n) is 16.9. The molecule has 1 saturated carbocycles. The molecule has 2 aromatic carbocycles. The molecule has 4 amide bonds. The van der Waals surface area contributed by atoms with Crippen LogP contribution in [0.3, 0.4) is 0 Å². The largest absolute Gasteiger partial charge is 0.508 e. The maximum Gasteiger partial charge on any atom is 0.417 e. The average Bonchev–Trinajstić information content (AvgIpc) is 3.49. The Hall–Kier alpha value is -5.15. The highest BCUT2D eigenvalue weighted by atomic mass is 35.5. The van der Waals surface area contributed by atoms with Crippen LogP contribution in [0.15, 0.2) is 66.4 Å². The zero-order valence-electron chi connectivity index (χ0n) is 28.3. The van der Waals surface area contributed by atoms with Gasteiger partial charge in [0.1, 0.15) is 11.5 Å². The minimum atomic E-state index is -4.78. The minimum absolute atomic E-state index is 0.0357. The molecule has 2 saturated heterocycles. The summed E-state index contributed by atoms with van der Waals surface area (Å²) in [6, 6.07) is 11.2. The number of carbonyl (C=O) groups is 5. The van der Waals surface area contributed by atoms with Crippen LogP contribution in [-0.4, -0.2) is 68.4 Å². The van der Waals surface area contributed by atoms with E-state index in [-0.39, 0.29) is 43.5 Å². The molecule has 12 nitrogen and oxygen atoms in total. The van der Waals surface area contributed by atoms with E-state index in [1.807, 2.05) is 0 Å². The normalized spacial score (nSPS) is 26.3.